The first-order chi connectivity index (χ1) is 15.6. The number of likely N-dealkylation sites (tertiary alicyclic amines) is 1. The van der Waals surface area contributed by atoms with E-state index < -0.39 is 0 Å². The molecule has 0 bridgehead atoms. The van der Waals surface area contributed by atoms with Gasteiger partial charge < -0.3 is 30.3 Å². The summed E-state index contributed by atoms with van der Waals surface area (Å²) in [6, 6.07) is 5.79. The standard InChI is InChI=1S/C24H40FN5O2/c1-3-26-24(28-20-7-12-29(13-8-20)11-4-16-32-2)27-18-19-5-6-23(22(25)17-19)30-14-9-21(31)10-15-30/h5-6,17,20-21,31H,3-4,7-16,18H2,1-2H3,(H2,26,27,28). The number of piperidine rings is 2. The van der Waals surface area contributed by atoms with Crippen LogP contribution < -0.4 is 15.5 Å². The summed E-state index contributed by atoms with van der Waals surface area (Å²) >= 11 is 0. The topological polar surface area (TPSA) is 72.4 Å². The zero-order valence-electron chi connectivity index (χ0n) is 19.7. The molecule has 2 heterocycles. The van der Waals surface area contributed by atoms with Crippen molar-refractivity contribution in [2.45, 2.75) is 57.7 Å². The van der Waals surface area contributed by atoms with Gasteiger partial charge in [-0.25, -0.2) is 9.38 Å². The molecule has 3 rings (SSSR count). The Labute approximate surface area is 192 Å². The van der Waals surface area contributed by atoms with Gasteiger partial charge in [0.25, 0.3) is 0 Å². The van der Waals surface area contributed by atoms with Crippen molar-refractivity contribution in [3.05, 3.63) is 29.6 Å². The first-order valence-electron chi connectivity index (χ1n) is 12.1. The van der Waals surface area contributed by atoms with Crippen LogP contribution in [0.4, 0.5) is 10.1 Å². The van der Waals surface area contributed by atoms with Crippen molar-refractivity contribution in [3.8, 4) is 0 Å². The lowest BCUT2D eigenvalue weighted by molar-refractivity contribution is 0.145. The summed E-state index contributed by atoms with van der Waals surface area (Å²) in [6.07, 6.45) is 4.37. The second-order valence-electron chi connectivity index (χ2n) is 8.81. The van der Waals surface area contributed by atoms with Crippen LogP contribution in [0, 0.1) is 5.82 Å². The van der Waals surface area contributed by atoms with E-state index in [0.29, 0.717) is 44.2 Å². The molecule has 1 aromatic rings. The van der Waals surface area contributed by atoms with E-state index in [2.05, 4.69) is 22.5 Å². The molecule has 0 aliphatic carbocycles. The monoisotopic (exact) mass is 449 g/mol. The molecule has 7 nitrogen and oxygen atoms in total. The minimum absolute atomic E-state index is 0.215. The zero-order chi connectivity index (χ0) is 22.8. The van der Waals surface area contributed by atoms with Crippen molar-refractivity contribution in [3.63, 3.8) is 0 Å². The second kappa shape index (κ2) is 13.0. The Morgan fingerprint density at radius 1 is 1.19 bits per heavy atom. The van der Waals surface area contributed by atoms with Gasteiger partial charge in [-0.15, -0.1) is 0 Å². The average Bonchev–Trinajstić information content (AvgIpc) is 2.80. The molecule has 0 radical (unpaired) electrons. The molecule has 0 spiro atoms. The van der Waals surface area contributed by atoms with Gasteiger partial charge in [0.1, 0.15) is 5.82 Å². The first kappa shape index (κ1) is 24.7. The predicted molar refractivity (Wildman–Crippen MR) is 128 cm³/mol. The summed E-state index contributed by atoms with van der Waals surface area (Å²) in [7, 11) is 1.75. The van der Waals surface area contributed by atoms with Gasteiger partial charge in [0, 0.05) is 59.0 Å². The maximum Gasteiger partial charge on any atom is 0.191 e. The maximum atomic E-state index is 14.7. The maximum absolute atomic E-state index is 14.7. The highest BCUT2D eigenvalue weighted by Gasteiger charge is 2.21. The number of rotatable bonds is 9. The quantitative estimate of drug-likeness (QED) is 0.305. The highest BCUT2D eigenvalue weighted by molar-refractivity contribution is 5.80. The lowest BCUT2D eigenvalue weighted by Crippen LogP contribution is -2.48. The fraction of sp³-hybridized carbons (Fsp3) is 0.708. The molecule has 2 aliphatic rings. The van der Waals surface area contributed by atoms with Crippen LogP contribution in [0.1, 0.15) is 44.6 Å². The molecule has 0 aromatic heterocycles. The van der Waals surface area contributed by atoms with E-state index in [1.807, 2.05) is 17.0 Å². The summed E-state index contributed by atoms with van der Waals surface area (Å²) in [5.41, 5.74) is 1.47. The van der Waals surface area contributed by atoms with E-state index in [1.54, 1.807) is 13.2 Å². The van der Waals surface area contributed by atoms with Crippen LogP contribution in [0.2, 0.25) is 0 Å². The number of aliphatic hydroxyl groups excluding tert-OH is 1. The Kier molecular flexibility index (Phi) is 10.0. The van der Waals surface area contributed by atoms with E-state index in [1.165, 1.54) is 0 Å². The molecule has 32 heavy (non-hydrogen) atoms. The number of nitrogens with zero attached hydrogens (tertiary/aromatic N) is 3. The van der Waals surface area contributed by atoms with Gasteiger partial charge >= 0.3 is 0 Å². The molecular formula is C24H40FN5O2. The van der Waals surface area contributed by atoms with Crippen LogP contribution in [0.25, 0.3) is 0 Å². The molecule has 8 heteroatoms. The third kappa shape index (κ3) is 7.60. The number of ether oxygens (including phenoxy) is 1. The number of halogens is 1. The SMILES string of the molecule is CCNC(=NCc1ccc(N2CCC(O)CC2)c(F)c1)NC1CCN(CCCOC)CC1. The summed E-state index contributed by atoms with van der Waals surface area (Å²) in [4.78, 5) is 9.21. The third-order valence-electron chi connectivity index (χ3n) is 6.33. The van der Waals surface area contributed by atoms with E-state index in [-0.39, 0.29) is 11.9 Å². The number of hydrogen-bond donors (Lipinski definition) is 3. The summed E-state index contributed by atoms with van der Waals surface area (Å²) in [5.74, 6) is 0.577. The van der Waals surface area contributed by atoms with Gasteiger partial charge in [0.15, 0.2) is 5.96 Å². The number of benzene rings is 1. The third-order valence-corrected chi connectivity index (χ3v) is 6.33. The molecule has 0 unspecified atom stereocenters. The summed E-state index contributed by atoms with van der Waals surface area (Å²) in [6.45, 7) is 8.73. The molecule has 2 aliphatic heterocycles. The van der Waals surface area contributed by atoms with Crippen molar-refractivity contribution in [2.75, 3.05) is 57.9 Å². The van der Waals surface area contributed by atoms with Crippen LogP contribution in [0.5, 0.6) is 0 Å². The normalized spacial score (nSPS) is 19.4. The van der Waals surface area contributed by atoms with Gasteiger partial charge in [0.05, 0.1) is 18.3 Å². The number of nitrogens with one attached hydrogen (secondary N) is 2. The van der Waals surface area contributed by atoms with E-state index in [0.717, 1.165) is 63.6 Å². The Bertz CT molecular complexity index is 716. The van der Waals surface area contributed by atoms with Gasteiger partial charge in [-0.05, 0) is 56.7 Å². The molecule has 3 N–H and O–H groups in total. The van der Waals surface area contributed by atoms with E-state index in [4.69, 9.17) is 9.73 Å². The minimum Gasteiger partial charge on any atom is -0.393 e. The van der Waals surface area contributed by atoms with Gasteiger partial charge in [0.2, 0.25) is 0 Å². The molecule has 0 atom stereocenters. The van der Waals surface area contributed by atoms with Gasteiger partial charge in [-0.2, -0.15) is 0 Å². The number of anilines is 1. The Balaban J connectivity index is 1.51. The van der Waals surface area contributed by atoms with Crippen molar-refractivity contribution >= 4 is 11.6 Å². The lowest BCUT2D eigenvalue weighted by Gasteiger charge is -2.33. The van der Waals surface area contributed by atoms with Gasteiger partial charge in [-0.3, -0.25) is 0 Å². The number of methoxy groups -OCH3 is 1. The van der Waals surface area contributed by atoms with E-state index in [9.17, 15) is 9.50 Å². The van der Waals surface area contributed by atoms with Crippen molar-refractivity contribution in [1.82, 2.24) is 15.5 Å². The Morgan fingerprint density at radius 2 is 1.94 bits per heavy atom. The summed E-state index contributed by atoms with van der Waals surface area (Å²) < 4.78 is 19.9. The highest BCUT2D eigenvalue weighted by atomic mass is 19.1. The second-order valence-corrected chi connectivity index (χ2v) is 8.81. The van der Waals surface area contributed by atoms with Crippen LogP contribution in [0.3, 0.4) is 0 Å². The number of aliphatic hydroxyl groups is 1. The van der Waals surface area contributed by atoms with Crippen LogP contribution in [0.15, 0.2) is 23.2 Å². The first-order valence-corrected chi connectivity index (χ1v) is 12.1. The number of hydrogen-bond acceptors (Lipinski definition) is 5. The minimum atomic E-state index is -0.261. The van der Waals surface area contributed by atoms with Gasteiger partial charge in [-0.1, -0.05) is 6.07 Å². The Morgan fingerprint density at radius 3 is 2.59 bits per heavy atom. The smallest absolute Gasteiger partial charge is 0.191 e. The van der Waals surface area contributed by atoms with Crippen LogP contribution >= 0.6 is 0 Å². The molecule has 0 saturated carbocycles. The van der Waals surface area contributed by atoms with Crippen molar-refractivity contribution < 1.29 is 14.2 Å². The average molecular weight is 450 g/mol. The molecule has 180 valence electrons. The molecule has 2 fully saturated rings. The fourth-order valence-corrected chi connectivity index (χ4v) is 4.43. The lowest BCUT2D eigenvalue weighted by atomic mass is 10.1. The van der Waals surface area contributed by atoms with Crippen LogP contribution in [-0.4, -0.2) is 81.1 Å². The molecule has 1 aromatic carbocycles. The number of guanidine groups is 1. The predicted octanol–water partition coefficient (Wildman–Crippen LogP) is 2.34. The summed E-state index contributed by atoms with van der Waals surface area (Å²) in [5, 5.41) is 16.6. The molecule has 2 saturated heterocycles. The number of aliphatic imine (C=N–C) groups is 1. The zero-order valence-corrected chi connectivity index (χ0v) is 19.7. The van der Waals surface area contributed by atoms with E-state index >= 15 is 0 Å². The largest absolute Gasteiger partial charge is 0.393 e. The fourth-order valence-electron chi connectivity index (χ4n) is 4.43. The van der Waals surface area contributed by atoms with Crippen molar-refractivity contribution in [1.29, 1.82) is 0 Å². The van der Waals surface area contributed by atoms with Crippen molar-refractivity contribution in [2.24, 2.45) is 4.99 Å². The van der Waals surface area contributed by atoms with Crippen LogP contribution in [-0.2, 0) is 11.3 Å². The highest BCUT2D eigenvalue weighted by Crippen LogP contribution is 2.24. The molecular weight excluding hydrogens is 409 g/mol. The molecule has 0 amide bonds. The Hall–Kier alpha value is -1.90.